The summed E-state index contributed by atoms with van der Waals surface area (Å²) >= 11 is 0. The molecule has 1 fully saturated rings. The predicted molar refractivity (Wildman–Crippen MR) is 87.2 cm³/mol. The molecule has 122 valence electrons. The molecule has 1 saturated heterocycles. The second-order valence-corrected chi connectivity index (χ2v) is 7.03. The van der Waals surface area contributed by atoms with Gasteiger partial charge in [-0.2, -0.15) is 0 Å². The maximum absolute atomic E-state index is 12.2. The fraction of sp³-hybridized carbons (Fsp3) is 0.312. The number of sulfone groups is 1. The van der Waals surface area contributed by atoms with E-state index in [1.807, 2.05) is 6.08 Å². The van der Waals surface area contributed by atoms with E-state index in [4.69, 9.17) is 11.2 Å². The first-order chi connectivity index (χ1) is 11.0. The van der Waals surface area contributed by atoms with Crippen molar-refractivity contribution >= 4 is 21.8 Å². The van der Waals surface area contributed by atoms with Gasteiger partial charge in [0.1, 0.15) is 16.4 Å². The van der Waals surface area contributed by atoms with Crippen LogP contribution in [0.1, 0.15) is 18.4 Å². The van der Waals surface area contributed by atoms with Crippen molar-refractivity contribution in [3.8, 4) is 18.1 Å². The van der Waals surface area contributed by atoms with E-state index in [1.54, 1.807) is 18.2 Å². The first-order valence-electron chi connectivity index (χ1n) is 7.03. The Labute approximate surface area is 135 Å². The van der Waals surface area contributed by atoms with Crippen LogP contribution in [0.3, 0.4) is 0 Å². The van der Waals surface area contributed by atoms with Crippen LogP contribution < -0.4 is 15.6 Å². The number of carbonyl (C=O) groups is 1. The lowest BCUT2D eigenvalue weighted by Crippen LogP contribution is -2.48. The van der Waals surface area contributed by atoms with Gasteiger partial charge in [-0.25, -0.2) is 13.8 Å². The summed E-state index contributed by atoms with van der Waals surface area (Å²) in [5.41, 5.74) is 6.14. The van der Waals surface area contributed by atoms with Gasteiger partial charge in [0.05, 0.1) is 7.11 Å². The summed E-state index contributed by atoms with van der Waals surface area (Å²) in [6.45, 7) is 0. The molecule has 2 rings (SSSR count). The molecule has 6 nitrogen and oxygen atoms in total. The van der Waals surface area contributed by atoms with Crippen molar-refractivity contribution in [3.63, 3.8) is 0 Å². The topological polar surface area (TPSA) is 84.5 Å². The number of amides is 1. The van der Waals surface area contributed by atoms with Crippen molar-refractivity contribution in [1.82, 2.24) is 10.9 Å². The van der Waals surface area contributed by atoms with Gasteiger partial charge in [-0.15, -0.1) is 6.42 Å². The summed E-state index contributed by atoms with van der Waals surface area (Å²) in [6, 6.07) is 4.88. The average Bonchev–Trinajstić information content (AvgIpc) is 2.54. The second kappa shape index (κ2) is 7.31. The number of nitrogens with one attached hydrogen (secondary N) is 2. The summed E-state index contributed by atoms with van der Waals surface area (Å²) in [6.07, 6.45) is 9.92. The monoisotopic (exact) mass is 334 g/mol. The fourth-order valence-corrected chi connectivity index (χ4v) is 3.34. The van der Waals surface area contributed by atoms with E-state index in [0.29, 0.717) is 18.4 Å². The minimum absolute atomic E-state index is 0.000525. The molecule has 1 unspecified atom stereocenters. The Balaban J connectivity index is 2.24. The van der Waals surface area contributed by atoms with Gasteiger partial charge >= 0.3 is 0 Å². The molecular formula is C16H18N2O4S. The van der Waals surface area contributed by atoms with Crippen molar-refractivity contribution in [2.24, 2.45) is 0 Å². The summed E-state index contributed by atoms with van der Waals surface area (Å²) in [4.78, 5) is 11.1. The molecule has 1 aromatic carbocycles. The predicted octanol–water partition coefficient (Wildman–Crippen LogP) is 0.898. The zero-order chi connectivity index (χ0) is 16.9. The second-order valence-electron chi connectivity index (χ2n) is 5.07. The Hall–Kier alpha value is -2.30. The number of hydrogen-bond acceptors (Lipinski definition) is 5. The van der Waals surface area contributed by atoms with E-state index in [-0.39, 0.29) is 28.3 Å². The Kier molecular flexibility index (Phi) is 5.42. The standard InChI is InChI=1S/C16H18N2O4S/c1-3-10-23(20,21)15-11-12(5-8-14(15)22-2)4-6-13-7-9-16(19)18-17-13/h1,4-6,8,11,13,17H,7,9-10H2,2H3,(H,18,19)/b6-4+. The summed E-state index contributed by atoms with van der Waals surface area (Å²) in [5, 5.41) is 0. The highest BCUT2D eigenvalue weighted by atomic mass is 32.2. The molecule has 2 N–H and O–H groups in total. The average molecular weight is 334 g/mol. The maximum Gasteiger partial charge on any atom is 0.234 e. The third-order valence-electron chi connectivity index (χ3n) is 3.40. The molecule has 1 heterocycles. The Morgan fingerprint density at radius 1 is 1.48 bits per heavy atom. The lowest BCUT2D eigenvalue weighted by molar-refractivity contribution is -0.123. The molecule has 1 aromatic rings. The first-order valence-corrected chi connectivity index (χ1v) is 8.68. The van der Waals surface area contributed by atoms with Crippen LogP contribution in [0.2, 0.25) is 0 Å². The molecule has 0 saturated carbocycles. The minimum atomic E-state index is -3.59. The Bertz CT molecular complexity index is 753. The van der Waals surface area contributed by atoms with Gasteiger partial charge in [0.25, 0.3) is 0 Å². The van der Waals surface area contributed by atoms with Crippen molar-refractivity contribution < 1.29 is 17.9 Å². The van der Waals surface area contributed by atoms with Crippen molar-refractivity contribution in [1.29, 1.82) is 0 Å². The molecule has 23 heavy (non-hydrogen) atoms. The molecule has 0 spiro atoms. The highest BCUT2D eigenvalue weighted by Crippen LogP contribution is 2.26. The number of hydrogen-bond donors (Lipinski definition) is 2. The third kappa shape index (κ3) is 4.34. The molecule has 1 aliphatic heterocycles. The van der Waals surface area contributed by atoms with Crippen LogP contribution in [0.15, 0.2) is 29.2 Å². The van der Waals surface area contributed by atoms with Gasteiger partial charge < -0.3 is 4.74 Å². The van der Waals surface area contributed by atoms with E-state index in [0.717, 1.165) is 0 Å². The molecule has 0 aromatic heterocycles. The molecule has 1 amide bonds. The largest absolute Gasteiger partial charge is 0.495 e. The van der Waals surface area contributed by atoms with Gasteiger partial charge in [0.15, 0.2) is 9.84 Å². The molecule has 0 aliphatic carbocycles. The van der Waals surface area contributed by atoms with Crippen LogP contribution in [0.4, 0.5) is 0 Å². The van der Waals surface area contributed by atoms with E-state index < -0.39 is 9.84 Å². The van der Waals surface area contributed by atoms with Crippen molar-refractivity contribution in [2.45, 2.75) is 23.8 Å². The molecule has 1 aliphatic rings. The lowest BCUT2D eigenvalue weighted by Gasteiger charge is -2.20. The van der Waals surface area contributed by atoms with E-state index in [9.17, 15) is 13.2 Å². The number of terminal acetylenes is 1. The zero-order valence-corrected chi connectivity index (χ0v) is 13.5. The van der Waals surface area contributed by atoms with Crippen LogP contribution >= 0.6 is 0 Å². The summed E-state index contributed by atoms with van der Waals surface area (Å²) < 4.78 is 29.5. The van der Waals surface area contributed by atoms with Crippen molar-refractivity contribution in [3.05, 3.63) is 29.8 Å². The Morgan fingerprint density at radius 3 is 2.87 bits per heavy atom. The number of rotatable bonds is 5. The highest BCUT2D eigenvalue weighted by Gasteiger charge is 2.19. The summed E-state index contributed by atoms with van der Waals surface area (Å²) in [5.74, 6) is 2.00. The third-order valence-corrected chi connectivity index (χ3v) is 4.93. The van der Waals surface area contributed by atoms with Crippen molar-refractivity contribution in [2.75, 3.05) is 12.9 Å². The smallest absolute Gasteiger partial charge is 0.234 e. The van der Waals surface area contributed by atoms with Gasteiger partial charge in [-0.3, -0.25) is 10.2 Å². The normalized spacial score (nSPS) is 18.4. The number of carbonyl (C=O) groups excluding carboxylic acids is 1. The van der Waals surface area contributed by atoms with E-state index in [2.05, 4.69) is 16.8 Å². The van der Waals surface area contributed by atoms with Gasteiger partial charge in [0.2, 0.25) is 5.91 Å². The number of benzene rings is 1. The molecule has 0 bridgehead atoms. The van der Waals surface area contributed by atoms with Gasteiger partial charge in [-0.05, 0) is 24.1 Å². The SMILES string of the molecule is C#CCS(=O)(=O)c1cc(/C=C/C2CCC(=O)NN2)ccc1OC. The molecule has 7 heteroatoms. The van der Waals surface area contributed by atoms with Gasteiger partial charge in [0, 0.05) is 12.5 Å². The quantitative estimate of drug-likeness (QED) is 0.782. The zero-order valence-electron chi connectivity index (χ0n) is 12.7. The van der Waals surface area contributed by atoms with Crippen LogP contribution in [-0.2, 0) is 14.6 Å². The van der Waals surface area contributed by atoms with Crippen LogP contribution in [0.25, 0.3) is 6.08 Å². The summed E-state index contributed by atoms with van der Waals surface area (Å²) in [7, 11) is -2.18. The minimum Gasteiger partial charge on any atom is -0.495 e. The Morgan fingerprint density at radius 2 is 2.26 bits per heavy atom. The van der Waals surface area contributed by atoms with Crippen LogP contribution in [0.5, 0.6) is 5.75 Å². The maximum atomic E-state index is 12.2. The first kappa shape index (κ1) is 17.1. The van der Waals surface area contributed by atoms with E-state index in [1.165, 1.54) is 13.2 Å². The number of ether oxygens (including phenoxy) is 1. The van der Waals surface area contributed by atoms with Gasteiger partial charge in [-0.1, -0.05) is 24.1 Å². The fourth-order valence-electron chi connectivity index (χ4n) is 2.19. The van der Waals surface area contributed by atoms with Crippen LogP contribution in [0, 0.1) is 12.3 Å². The molecular weight excluding hydrogens is 316 g/mol. The van der Waals surface area contributed by atoms with E-state index >= 15 is 0 Å². The molecule has 0 radical (unpaired) electrons. The van der Waals surface area contributed by atoms with Crippen LogP contribution in [-0.4, -0.2) is 33.2 Å². The highest BCUT2D eigenvalue weighted by molar-refractivity contribution is 7.91. The lowest BCUT2D eigenvalue weighted by atomic mass is 10.1. The number of hydrazine groups is 1. The molecule has 1 atom stereocenters. The number of methoxy groups -OCH3 is 1.